The van der Waals surface area contributed by atoms with Crippen molar-refractivity contribution in [2.75, 3.05) is 24.7 Å². The zero-order valence-electron chi connectivity index (χ0n) is 21.3. The van der Waals surface area contributed by atoms with Crippen molar-refractivity contribution < 1.29 is 24.2 Å². The Bertz CT molecular complexity index is 1060. The van der Waals surface area contributed by atoms with Crippen LogP contribution in [0.25, 0.3) is 0 Å². The van der Waals surface area contributed by atoms with Gasteiger partial charge in [-0.3, -0.25) is 14.4 Å². The van der Waals surface area contributed by atoms with Gasteiger partial charge in [0.15, 0.2) is 0 Å². The molecule has 0 saturated carbocycles. The molecule has 3 aliphatic heterocycles. The molecule has 37 heavy (non-hydrogen) atoms. The van der Waals surface area contributed by atoms with E-state index in [0.717, 1.165) is 6.42 Å². The molecule has 1 spiro atoms. The summed E-state index contributed by atoms with van der Waals surface area (Å²) in [5.74, 6) is -2.27. The third kappa shape index (κ3) is 4.72. The number of fused-ring (bicyclic) bond motifs is 1. The number of nitrogens with zero attached hydrogens (tertiary/aromatic N) is 2. The van der Waals surface area contributed by atoms with Crippen molar-refractivity contribution in [3.05, 3.63) is 54.6 Å². The van der Waals surface area contributed by atoms with Crippen molar-refractivity contribution in [3.63, 3.8) is 0 Å². The number of carbonyl (C=O) groups is 3. The number of hydrogen-bond acceptors (Lipinski definition) is 6. The molecule has 2 bridgehead atoms. The Kier molecular flexibility index (Phi) is 8.41. The van der Waals surface area contributed by atoms with Crippen molar-refractivity contribution in [2.45, 2.75) is 55.2 Å². The minimum Gasteiger partial charge on any atom is -0.465 e. The Labute approximate surface area is 227 Å². The average molecular weight is 547 g/mol. The monoisotopic (exact) mass is 546 g/mol. The predicted octanol–water partition coefficient (Wildman–Crippen LogP) is 4.09. The lowest BCUT2D eigenvalue weighted by Gasteiger charge is -2.40. The molecule has 0 aromatic heterocycles. The van der Waals surface area contributed by atoms with Gasteiger partial charge in [0.2, 0.25) is 5.91 Å². The molecule has 3 saturated heterocycles. The van der Waals surface area contributed by atoms with E-state index in [1.54, 1.807) is 58.0 Å². The fourth-order valence-corrected chi connectivity index (χ4v) is 8.49. The molecule has 6 atom stereocenters. The number of benzene rings is 1. The molecule has 7 nitrogen and oxygen atoms in total. The summed E-state index contributed by atoms with van der Waals surface area (Å²) in [5, 5.41) is 10.8. The van der Waals surface area contributed by atoms with E-state index in [1.807, 2.05) is 13.8 Å². The number of amides is 2. The van der Waals surface area contributed by atoms with E-state index in [0.29, 0.717) is 23.6 Å². The Morgan fingerprint density at radius 1 is 1.30 bits per heavy atom. The number of ether oxygens (including phenoxy) is 1. The maximum absolute atomic E-state index is 14.5. The van der Waals surface area contributed by atoms with E-state index in [4.69, 9.17) is 16.3 Å². The number of hydrogen-bond donors (Lipinski definition) is 1. The quantitative estimate of drug-likeness (QED) is 0.256. The number of anilines is 1. The highest BCUT2D eigenvalue weighted by Gasteiger charge is 2.75. The standard InChI is InChI=1S/C28H35ClN2O5S/c1-5-7-15-36-27(35)22-21-12-13-28(37-21)23(22)25(33)31(20(16-32)17(3)4)24(28)26(34)30(14-6-2)19-10-8-18(29)9-11-19/h5-6,8-11,17,20-24,32H,1-2,7,12-16H2,3-4H3/t20-,21-,22+,23-,24?,28?/m0/s1. The summed E-state index contributed by atoms with van der Waals surface area (Å²) >= 11 is 7.68. The first-order valence-electron chi connectivity index (χ1n) is 12.8. The summed E-state index contributed by atoms with van der Waals surface area (Å²) in [7, 11) is 0. The molecule has 3 fully saturated rings. The summed E-state index contributed by atoms with van der Waals surface area (Å²) in [6.07, 6.45) is 5.22. The Balaban J connectivity index is 1.78. The summed E-state index contributed by atoms with van der Waals surface area (Å²) < 4.78 is 4.77. The molecule has 0 aliphatic carbocycles. The Morgan fingerprint density at radius 3 is 2.59 bits per heavy atom. The number of thioether (sulfide) groups is 1. The van der Waals surface area contributed by atoms with E-state index in [1.165, 1.54) is 0 Å². The highest BCUT2D eigenvalue weighted by molar-refractivity contribution is 8.02. The van der Waals surface area contributed by atoms with Gasteiger partial charge in [0.05, 0.1) is 35.8 Å². The minimum absolute atomic E-state index is 0.0855. The second-order valence-electron chi connectivity index (χ2n) is 10.3. The van der Waals surface area contributed by atoms with Crippen LogP contribution in [-0.4, -0.2) is 69.6 Å². The lowest BCUT2D eigenvalue weighted by atomic mass is 9.71. The molecule has 1 aromatic carbocycles. The number of esters is 1. The van der Waals surface area contributed by atoms with Crippen molar-refractivity contribution >= 4 is 46.8 Å². The SMILES string of the molecule is C=CCCOC(=O)[C@@H]1[C@@H]2CCC3(S2)C(C(=O)N(CC=C)c2ccc(Cl)cc2)N([C@@H](CO)C(C)C)C(=O)[C@H]13. The molecule has 3 aliphatic rings. The van der Waals surface area contributed by atoms with Gasteiger partial charge in [-0.2, -0.15) is 0 Å². The van der Waals surface area contributed by atoms with Crippen molar-refractivity contribution in [3.8, 4) is 0 Å². The van der Waals surface area contributed by atoms with Crippen LogP contribution >= 0.6 is 23.4 Å². The van der Waals surface area contributed by atoms with Gasteiger partial charge in [-0.1, -0.05) is 37.6 Å². The second kappa shape index (κ2) is 11.2. The highest BCUT2D eigenvalue weighted by Crippen LogP contribution is 2.67. The summed E-state index contributed by atoms with van der Waals surface area (Å²) in [6.45, 7) is 11.5. The number of aliphatic hydroxyl groups is 1. The third-order valence-corrected chi connectivity index (χ3v) is 10.0. The molecule has 9 heteroatoms. The lowest BCUT2D eigenvalue weighted by Crippen LogP contribution is -2.58. The first-order chi connectivity index (χ1) is 17.7. The van der Waals surface area contributed by atoms with Crippen molar-refractivity contribution in [1.29, 1.82) is 0 Å². The van der Waals surface area contributed by atoms with Gasteiger partial charge in [0.25, 0.3) is 5.91 Å². The zero-order chi connectivity index (χ0) is 26.9. The van der Waals surface area contributed by atoms with Crippen LogP contribution in [0, 0.1) is 17.8 Å². The summed E-state index contributed by atoms with van der Waals surface area (Å²) in [4.78, 5) is 45.1. The Morgan fingerprint density at radius 2 is 2.00 bits per heavy atom. The lowest BCUT2D eigenvalue weighted by molar-refractivity contribution is -0.154. The number of likely N-dealkylation sites (tertiary alicyclic amines) is 1. The maximum atomic E-state index is 14.5. The number of rotatable bonds is 11. The van der Waals surface area contributed by atoms with Gasteiger partial charge in [-0.25, -0.2) is 0 Å². The fraction of sp³-hybridized carbons (Fsp3) is 0.536. The van der Waals surface area contributed by atoms with E-state index in [2.05, 4.69) is 13.2 Å². The van der Waals surface area contributed by atoms with Crippen LogP contribution in [0.2, 0.25) is 5.02 Å². The molecule has 4 rings (SSSR count). The van der Waals surface area contributed by atoms with E-state index >= 15 is 0 Å². The molecule has 2 amide bonds. The van der Waals surface area contributed by atoms with Crippen LogP contribution in [0.1, 0.15) is 33.1 Å². The molecule has 0 radical (unpaired) electrons. The average Bonchev–Trinajstić information content (AvgIpc) is 3.51. The van der Waals surface area contributed by atoms with Gasteiger partial charge in [0.1, 0.15) is 6.04 Å². The molecule has 3 heterocycles. The van der Waals surface area contributed by atoms with Crippen LogP contribution in [0.5, 0.6) is 0 Å². The summed E-state index contributed by atoms with van der Waals surface area (Å²) in [5.41, 5.74) is 0.643. The molecule has 1 N–H and O–H groups in total. The largest absolute Gasteiger partial charge is 0.465 e. The van der Waals surface area contributed by atoms with Crippen LogP contribution in [0.3, 0.4) is 0 Å². The van der Waals surface area contributed by atoms with Crippen molar-refractivity contribution in [2.24, 2.45) is 17.8 Å². The Hall–Kier alpha value is -2.29. The van der Waals surface area contributed by atoms with Gasteiger partial charge in [-0.15, -0.1) is 24.9 Å². The van der Waals surface area contributed by atoms with Crippen LogP contribution in [0.4, 0.5) is 5.69 Å². The fourth-order valence-electron chi connectivity index (χ4n) is 6.18. The molecular formula is C28H35ClN2O5S. The van der Waals surface area contributed by atoms with Gasteiger partial charge in [-0.05, 0) is 49.4 Å². The first-order valence-corrected chi connectivity index (χ1v) is 14.0. The van der Waals surface area contributed by atoms with E-state index in [-0.39, 0.29) is 42.7 Å². The smallest absolute Gasteiger partial charge is 0.310 e. The molecule has 200 valence electrons. The number of halogens is 1. The van der Waals surface area contributed by atoms with Gasteiger partial charge >= 0.3 is 5.97 Å². The maximum Gasteiger partial charge on any atom is 0.310 e. The third-order valence-electron chi connectivity index (χ3n) is 7.84. The predicted molar refractivity (Wildman–Crippen MR) is 146 cm³/mol. The molecular weight excluding hydrogens is 512 g/mol. The zero-order valence-corrected chi connectivity index (χ0v) is 22.9. The highest BCUT2D eigenvalue weighted by atomic mass is 35.5. The van der Waals surface area contributed by atoms with Crippen LogP contribution in [-0.2, 0) is 19.1 Å². The topological polar surface area (TPSA) is 87.2 Å². The number of carbonyl (C=O) groups excluding carboxylic acids is 3. The summed E-state index contributed by atoms with van der Waals surface area (Å²) in [6, 6.07) is 5.58. The van der Waals surface area contributed by atoms with E-state index in [9.17, 15) is 19.5 Å². The number of aliphatic hydroxyl groups excluding tert-OH is 1. The van der Waals surface area contributed by atoms with Gasteiger partial charge in [0, 0.05) is 22.5 Å². The second-order valence-corrected chi connectivity index (χ2v) is 12.3. The van der Waals surface area contributed by atoms with Gasteiger partial charge < -0.3 is 19.6 Å². The molecule has 1 aromatic rings. The first kappa shape index (κ1) is 27.7. The van der Waals surface area contributed by atoms with Crippen molar-refractivity contribution in [1.82, 2.24) is 4.90 Å². The molecule has 2 unspecified atom stereocenters. The van der Waals surface area contributed by atoms with E-state index < -0.39 is 34.6 Å². The normalized spacial score (nSPS) is 28.8. The van der Waals surface area contributed by atoms with Crippen LogP contribution < -0.4 is 4.90 Å². The minimum atomic E-state index is -0.832. The van der Waals surface area contributed by atoms with Crippen LogP contribution in [0.15, 0.2) is 49.6 Å².